The molecule has 1 aliphatic rings. The molecule has 0 aromatic rings. The molecule has 0 aromatic heterocycles. The van der Waals surface area contributed by atoms with Crippen molar-refractivity contribution >= 4 is 18.3 Å². The van der Waals surface area contributed by atoms with Crippen LogP contribution in [0.15, 0.2) is 0 Å². The average Bonchev–Trinajstić information content (AvgIpc) is 2.64. The van der Waals surface area contributed by atoms with E-state index >= 15 is 0 Å². The Hall–Kier alpha value is -0.280. The molecule has 0 aliphatic heterocycles. The van der Waals surface area contributed by atoms with Crippen molar-refractivity contribution in [3.63, 3.8) is 0 Å². The molecular weight excluding hydrogens is 236 g/mol. The van der Waals surface area contributed by atoms with Crippen LogP contribution in [0.25, 0.3) is 0 Å². The summed E-state index contributed by atoms with van der Waals surface area (Å²) in [7, 11) is 0. The van der Waals surface area contributed by atoms with Crippen molar-refractivity contribution in [1.29, 1.82) is 0 Å². The van der Waals surface area contributed by atoms with Gasteiger partial charge < -0.3 is 11.1 Å². The molecule has 0 bridgehead atoms. The van der Waals surface area contributed by atoms with Crippen molar-refractivity contribution in [2.45, 2.75) is 70.9 Å². The van der Waals surface area contributed by atoms with Gasteiger partial charge in [-0.2, -0.15) is 0 Å². The van der Waals surface area contributed by atoms with Crippen LogP contribution in [0.2, 0.25) is 0 Å². The fraction of sp³-hybridized carbons (Fsp3) is 0.923. The third-order valence-electron chi connectivity index (χ3n) is 4.17. The first-order valence-electron chi connectivity index (χ1n) is 6.57. The van der Waals surface area contributed by atoms with E-state index in [-0.39, 0.29) is 29.9 Å². The third kappa shape index (κ3) is 4.84. The topological polar surface area (TPSA) is 55.1 Å². The average molecular weight is 263 g/mol. The predicted molar refractivity (Wildman–Crippen MR) is 74.3 cm³/mol. The minimum atomic E-state index is -0.0419. The highest BCUT2D eigenvalue weighted by Crippen LogP contribution is 2.27. The van der Waals surface area contributed by atoms with Crippen LogP contribution in [-0.4, -0.2) is 17.5 Å². The summed E-state index contributed by atoms with van der Waals surface area (Å²) in [6.45, 7) is 6.34. The second kappa shape index (κ2) is 7.22. The van der Waals surface area contributed by atoms with Crippen LogP contribution in [0.4, 0.5) is 0 Å². The van der Waals surface area contributed by atoms with Gasteiger partial charge in [0.1, 0.15) is 0 Å². The van der Waals surface area contributed by atoms with Crippen molar-refractivity contribution in [1.82, 2.24) is 5.32 Å². The van der Waals surface area contributed by atoms with Gasteiger partial charge in [-0.05, 0) is 38.5 Å². The molecule has 0 saturated heterocycles. The van der Waals surface area contributed by atoms with Crippen LogP contribution in [0.5, 0.6) is 0 Å². The maximum atomic E-state index is 11.9. The number of amides is 1. The van der Waals surface area contributed by atoms with Gasteiger partial charge in [0, 0.05) is 18.0 Å². The zero-order chi connectivity index (χ0) is 12.2. The molecule has 1 amide bonds. The Kier molecular flexibility index (Phi) is 7.10. The number of hydrogen-bond acceptors (Lipinski definition) is 2. The van der Waals surface area contributed by atoms with Crippen LogP contribution < -0.4 is 11.1 Å². The van der Waals surface area contributed by atoms with Crippen molar-refractivity contribution in [2.75, 3.05) is 0 Å². The van der Waals surface area contributed by atoms with E-state index in [0.29, 0.717) is 12.3 Å². The molecular formula is C13H27ClN2O. The fourth-order valence-electron chi connectivity index (χ4n) is 2.37. The van der Waals surface area contributed by atoms with Crippen LogP contribution in [0.1, 0.15) is 59.3 Å². The predicted octanol–water partition coefficient (Wildman–Crippen LogP) is 2.62. The quantitative estimate of drug-likeness (QED) is 0.800. The monoisotopic (exact) mass is 262 g/mol. The normalized spacial score (nSPS) is 24.2. The van der Waals surface area contributed by atoms with Gasteiger partial charge in [0.25, 0.3) is 0 Å². The molecule has 0 unspecified atom stereocenters. The summed E-state index contributed by atoms with van der Waals surface area (Å²) in [4.78, 5) is 11.9. The Labute approximate surface area is 111 Å². The minimum absolute atomic E-state index is 0. The molecule has 2 atom stereocenters. The van der Waals surface area contributed by atoms with E-state index in [1.165, 1.54) is 6.42 Å². The Balaban J connectivity index is 0.00000256. The molecule has 0 radical (unpaired) electrons. The lowest BCUT2D eigenvalue weighted by Gasteiger charge is -2.29. The standard InChI is InChI=1S/C13H26N2O.ClH/c1-4-13(3,5-2)15-12(16)9-10-7-6-8-11(10)14;/h10-11H,4-9,14H2,1-3H3,(H,15,16);1H/t10-,11+;/m0./s1. The van der Waals surface area contributed by atoms with E-state index < -0.39 is 0 Å². The molecule has 1 fully saturated rings. The van der Waals surface area contributed by atoms with Gasteiger partial charge in [-0.15, -0.1) is 12.4 Å². The SMILES string of the molecule is CCC(C)(CC)NC(=O)C[C@@H]1CCC[C@H]1N.Cl. The summed E-state index contributed by atoms with van der Waals surface area (Å²) >= 11 is 0. The molecule has 0 spiro atoms. The van der Waals surface area contributed by atoms with E-state index in [9.17, 15) is 4.79 Å². The van der Waals surface area contributed by atoms with E-state index in [2.05, 4.69) is 26.1 Å². The van der Waals surface area contributed by atoms with Gasteiger partial charge in [0.2, 0.25) is 5.91 Å². The van der Waals surface area contributed by atoms with Gasteiger partial charge in [-0.3, -0.25) is 4.79 Å². The Morgan fingerprint density at radius 2 is 1.94 bits per heavy atom. The highest BCUT2D eigenvalue weighted by molar-refractivity contribution is 5.85. The molecule has 3 N–H and O–H groups in total. The molecule has 1 rings (SSSR count). The second-order valence-electron chi connectivity index (χ2n) is 5.37. The smallest absolute Gasteiger partial charge is 0.220 e. The summed E-state index contributed by atoms with van der Waals surface area (Å²) in [5.41, 5.74) is 5.93. The highest BCUT2D eigenvalue weighted by Gasteiger charge is 2.28. The van der Waals surface area contributed by atoms with Gasteiger partial charge in [0.05, 0.1) is 0 Å². The highest BCUT2D eigenvalue weighted by atomic mass is 35.5. The van der Waals surface area contributed by atoms with E-state index in [1.54, 1.807) is 0 Å². The van der Waals surface area contributed by atoms with Gasteiger partial charge in [-0.1, -0.05) is 20.3 Å². The molecule has 0 aromatic carbocycles. The van der Waals surface area contributed by atoms with Crippen LogP contribution >= 0.6 is 12.4 Å². The van der Waals surface area contributed by atoms with Crippen molar-refractivity contribution in [3.8, 4) is 0 Å². The molecule has 17 heavy (non-hydrogen) atoms. The third-order valence-corrected chi connectivity index (χ3v) is 4.17. The fourth-order valence-corrected chi connectivity index (χ4v) is 2.37. The number of rotatable bonds is 5. The number of carbonyl (C=O) groups excluding carboxylic acids is 1. The zero-order valence-corrected chi connectivity index (χ0v) is 12.1. The van der Waals surface area contributed by atoms with Crippen LogP contribution in [-0.2, 0) is 4.79 Å². The van der Waals surface area contributed by atoms with Crippen molar-refractivity contribution < 1.29 is 4.79 Å². The second-order valence-corrected chi connectivity index (χ2v) is 5.37. The maximum Gasteiger partial charge on any atom is 0.220 e. The number of hydrogen-bond donors (Lipinski definition) is 2. The van der Waals surface area contributed by atoms with Gasteiger partial charge in [0.15, 0.2) is 0 Å². The molecule has 1 aliphatic carbocycles. The first-order valence-corrected chi connectivity index (χ1v) is 6.57. The van der Waals surface area contributed by atoms with Crippen molar-refractivity contribution in [3.05, 3.63) is 0 Å². The Morgan fingerprint density at radius 1 is 1.35 bits per heavy atom. The number of halogens is 1. The van der Waals surface area contributed by atoms with E-state index in [1.807, 2.05) is 0 Å². The zero-order valence-electron chi connectivity index (χ0n) is 11.3. The Bertz CT molecular complexity index is 242. The molecule has 4 heteroatoms. The summed E-state index contributed by atoms with van der Waals surface area (Å²) in [6.07, 6.45) is 5.94. The molecule has 102 valence electrons. The van der Waals surface area contributed by atoms with E-state index in [0.717, 1.165) is 25.7 Å². The number of nitrogens with one attached hydrogen (secondary N) is 1. The molecule has 3 nitrogen and oxygen atoms in total. The minimum Gasteiger partial charge on any atom is -0.351 e. The van der Waals surface area contributed by atoms with Crippen molar-refractivity contribution in [2.24, 2.45) is 11.7 Å². The molecule has 0 heterocycles. The van der Waals surface area contributed by atoms with Crippen LogP contribution in [0, 0.1) is 5.92 Å². The summed E-state index contributed by atoms with van der Waals surface area (Å²) in [5.74, 6) is 0.575. The van der Waals surface area contributed by atoms with E-state index in [4.69, 9.17) is 5.73 Å². The molecule has 1 saturated carbocycles. The first-order chi connectivity index (χ1) is 7.50. The summed E-state index contributed by atoms with van der Waals surface area (Å²) in [6, 6.07) is 0.236. The Morgan fingerprint density at radius 3 is 2.35 bits per heavy atom. The number of nitrogens with two attached hydrogens (primary N) is 1. The number of carbonyl (C=O) groups is 1. The maximum absolute atomic E-state index is 11.9. The lowest BCUT2D eigenvalue weighted by Crippen LogP contribution is -2.46. The van der Waals surface area contributed by atoms with Gasteiger partial charge in [-0.25, -0.2) is 0 Å². The van der Waals surface area contributed by atoms with Crippen LogP contribution in [0.3, 0.4) is 0 Å². The van der Waals surface area contributed by atoms with Gasteiger partial charge >= 0.3 is 0 Å². The summed E-state index contributed by atoms with van der Waals surface area (Å²) in [5, 5.41) is 3.15. The lowest BCUT2D eigenvalue weighted by molar-refractivity contribution is -0.124. The first kappa shape index (κ1) is 16.7. The largest absolute Gasteiger partial charge is 0.351 e. The summed E-state index contributed by atoms with van der Waals surface area (Å²) < 4.78 is 0. The lowest BCUT2D eigenvalue weighted by atomic mass is 9.93.